The Balaban J connectivity index is 1.47. The molecule has 0 radical (unpaired) electrons. The predicted molar refractivity (Wildman–Crippen MR) is 130 cm³/mol. The van der Waals surface area contributed by atoms with Gasteiger partial charge in [0.2, 0.25) is 15.9 Å². The Morgan fingerprint density at radius 3 is 2.43 bits per heavy atom. The van der Waals surface area contributed by atoms with Gasteiger partial charge in [0.25, 0.3) is 0 Å². The molecule has 182 valence electrons. The number of rotatable bonds is 4. The van der Waals surface area contributed by atoms with Gasteiger partial charge in [-0.3, -0.25) is 0 Å². The van der Waals surface area contributed by atoms with Crippen LogP contribution in [0.1, 0.15) is 51.1 Å². The van der Waals surface area contributed by atoms with Crippen molar-refractivity contribution in [1.82, 2.24) is 9.29 Å². The van der Waals surface area contributed by atoms with E-state index in [9.17, 15) is 17.2 Å². The van der Waals surface area contributed by atoms with Gasteiger partial charge in [-0.05, 0) is 65.8 Å². The van der Waals surface area contributed by atoms with Crippen LogP contribution in [0, 0.1) is 11.6 Å². The fourth-order valence-corrected chi connectivity index (χ4v) is 6.17. The quantitative estimate of drug-likeness (QED) is 0.319. The zero-order valence-electron chi connectivity index (χ0n) is 19.8. The molecule has 1 fully saturated rings. The van der Waals surface area contributed by atoms with Crippen LogP contribution in [-0.2, 0) is 15.4 Å². The lowest BCUT2D eigenvalue weighted by molar-refractivity contribution is 0.337. The van der Waals surface area contributed by atoms with Crippen molar-refractivity contribution in [2.45, 2.75) is 50.0 Å². The van der Waals surface area contributed by atoms with E-state index >= 15 is 0 Å². The lowest BCUT2D eigenvalue weighted by Gasteiger charge is -2.23. The summed E-state index contributed by atoms with van der Waals surface area (Å²) in [4.78, 5) is 4.80. The molecule has 0 aliphatic carbocycles. The van der Waals surface area contributed by atoms with Gasteiger partial charge in [0, 0.05) is 18.2 Å². The van der Waals surface area contributed by atoms with Crippen LogP contribution in [0.4, 0.5) is 8.78 Å². The molecule has 1 saturated heterocycles. The molecular formula is C27H26F2N2O3S. The fourth-order valence-electron chi connectivity index (χ4n) is 4.52. The third-order valence-electron chi connectivity index (χ3n) is 6.46. The van der Waals surface area contributed by atoms with Crippen molar-refractivity contribution in [2.75, 3.05) is 6.54 Å². The van der Waals surface area contributed by atoms with Gasteiger partial charge < -0.3 is 4.42 Å². The lowest BCUT2D eigenvalue weighted by atomic mass is 9.87. The predicted octanol–water partition coefficient (Wildman–Crippen LogP) is 6.60. The summed E-state index contributed by atoms with van der Waals surface area (Å²) >= 11 is 0. The van der Waals surface area contributed by atoms with Crippen LogP contribution in [0.5, 0.6) is 0 Å². The van der Waals surface area contributed by atoms with E-state index in [1.54, 1.807) is 30.3 Å². The second kappa shape index (κ2) is 8.53. The first kappa shape index (κ1) is 23.6. The third kappa shape index (κ3) is 4.36. The van der Waals surface area contributed by atoms with E-state index in [4.69, 9.17) is 4.42 Å². The number of nitrogens with zero attached hydrogens (tertiary/aromatic N) is 2. The van der Waals surface area contributed by atoms with Crippen LogP contribution in [0.25, 0.3) is 22.2 Å². The summed E-state index contributed by atoms with van der Waals surface area (Å²) in [6, 6.07) is 14.9. The molecule has 0 spiro atoms. The van der Waals surface area contributed by atoms with Crippen LogP contribution in [0.15, 0.2) is 70.0 Å². The van der Waals surface area contributed by atoms with Gasteiger partial charge in [-0.2, -0.15) is 4.31 Å². The number of hydrogen-bond acceptors (Lipinski definition) is 4. The van der Waals surface area contributed by atoms with Gasteiger partial charge >= 0.3 is 0 Å². The number of oxazole rings is 1. The van der Waals surface area contributed by atoms with Crippen molar-refractivity contribution in [3.05, 3.63) is 83.8 Å². The first-order chi connectivity index (χ1) is 16.5. The van der Waals surface area contributed by atoms with Crippen molar-refractivity contribution in [3.63, 3.8) is 0 Å². The van der Waals surface area contributed by atoms with E-state index in [2.05, 4.69) is 25.8 Å². The van der Waals surface area contributed by atoms with Crippen molar-refractivity contribution >= 4 is 21.1 Å². The summed E-state index contributed by atoms with van der Waals surface area (Å²) in [6.07, 6.45) is 1.28. The number of fused-ring (bicyclic) bond motifs is 1. The number of sulfonamides is 1. The molecule has 8 heteroatoms. The van der Waals surface area contributed by atoms with E-state index in [0.29, 0.717) is 41.9 Å². The molecule has 0 amide bonds. The SMILES string of the molecule is CC(C)(C)c1ccc(S(=O)(=O)N2CCC[C@H]2c2nc3cc(-c4ccc(F)cc4F)ccc3o2)cc1. The molecule has 5 rings (SSSR count). The van der Waals surface area contributed by atoms with E-state index in [1.807, 2.05) is 12.1 Å². The molecule has 0 N–H and O–H groups in total. The minimum absolute atomic E-state index is 0.0770. The Morgan fingerprint density at radius 2 is 1.74 bits per heavy atom. The van der Waals surface area contributed by atoms with Gasteiger partial charge in [0.15, 0.2) is 5.58 Å². The second-order valence-corrected chi connectivity index (χ2v) is 11.8. The zero-order valence-corrected chi connectivity index (χ0v) is 20.6. The summed E-state index contributed by atoms with van der Waals surface area (Å²) in [5, 5.41) is 0. The topological polar surface area (TPSA) is 63.4 Å². The average Bonchev–Trinajstić information content (AvgIpc) is 3.45. The Morgan fingerprint density at radius 1 is 1.00 bits per heavy atom. The van der Waals surface area contributed by atoms with E-state index in [-0.39, 0.29) is 15.9 Å². The maximum atomic E-state index is 14.3. The minimum Gasteiger partial charge on any atom is -0.439 e. The monoisotopic (exact) mass is 496 g/mol. The smallest absolute Gasteiger partial charge is 0.243 e. The Kier molecular flexibility index (Phi) is 5.76. The highest BCUT2D eigenvalue weighted by Gasteiger charge is 2.39. The Hall–Kier alpha value is -3.10. The van der Waals surface area contributed by atoms with Gasteiger partial charge in [-0.1, -0.05) is 39.0 Å². The average molecular weight is 497 g/mol. The zero-order chi connectivity index (χ0) is 25.0. The van der Waals surface area contributed by atoms with Gasteiger partial charge in [-0.15, -0.1) is 0 Å². The van der Waals surface area contributed by atoms with Crippen molar-refractivity contribution < 1.29 is 21.6 Å². The summed E-state index contributed by atoms with van der Waals surface area (Å²) < 4.78 is 61.9. The summed E-state index contributed by atoms with van der Waals surface area (Å²) in [7, 11) is -3.75. The third-order valence-corrected chi connectivity index (χ3v) is 8.38. The number of hydrogen-bond donors (Lipinski definition) is 0. The molecule has 5 nitrogen and oxygen atoms in total. The molecule has 3 aromatic carbocycles. The van der Waals surface area contributed by atoms with E-state index < -0.39 is 27.7 Å². The largest absolute Gasteiger partial charge is 0.439 e. The number of aromatic nitrogens is 1. The van der Waals surface area contributed by atoms with Crippen LogP contribution in [-0.4, -0.2) is 24.3 Å². The van der Waals surface area contributed by atoms with Crippen molar-refractivity contribution in [2.24, 2.45) is 0 Å². The van der Waals surface area contributed by atoms with Gasteiger partial charge in [-0.25, -0.2) is 22.2 Å². The number of benzene rings is 3. The lowest BCUT2D eigenvalue weighted by Crippen LogP contribution is -2.31. The van der Waals surface area contributed by atoms with Gasteiger partial charge in [0.05, 0.1) is 4.90 Å². The molecule has 35 heavy (non-hydrogen) atoms. The van der Waals surface area contributed by atoms with Crippen molar-refractivity contribution in [3.8, 4) is 11.1 Å². The van der Waals surface area contributed by atoms with Gasteiger partial charge in [0.1, 0.15) is 23.2 Å². The molecule has 1 aliphatic rings. The highest BCUT2D eigenvalue weighted by Crippen LogP contribution is 2.38. The highest BCUT2D eigenvalue weighted by molar-refractivity contribution is 7.89. The molecule has 0 saturated carbocycles. The highest BCUT2D eigenvalue weighted by atomic mass is 32.2. The van der Waals surface area contributed by atoms with Crippen LogP contribution in [0.3, 0.4) is 0 Å². The Labute approximate surface area is 203 Å². The van der Waals surface area contributed by atoms with Crippen LogP contribution >= 0.6 is 0 Å². The van der Waals surface area contributed by atoms with E-state index in [1.165, 1.54) is 16.4 Å². The normalized spacial score (nSPS) is 17.3. The molecular weight excluding hydrogens is 470 g/mol. The standard InChI is InChI=1S/C27H26F2N2O3S/c1-27(2,3)18-7-10-20(11-8-18)35(32,33)31-14-4-5-24(31)26-30-23-15-17(6-13-25(23)34-26)21-12-9-19(28)16-22(21)29/h6-13,15-16,24H,4-5,14H2,1-3H3/t24-/m0/s1. The first-order valence-corrected chi connectivity index (χ1v) is 13.0. The molecule has 1 atom stereocenters. The second-order valence-electron chi connectivity index (χ2n) is 9.91. The van der Waals surface area contributed by atoms with E-state index in [0.717, 1.165) is 11.6 Å². The first-order valence-electron chi connectivity index (χ1n) is 11.5. The Bertz CT molecular complexity index is 1510. The molecule has 0 bridgehead atoms. The molecule has 1 aliphatic heterocycles. The summed E-state index contributed by atoms with van der Waals surface area (Å²) in [5.41, 5.74) is 2.73. The minimum atomic E-state index is -3.75. The number of halogens is 2. The molecule has 2 heterocycles. The summed E-state index contributed by atoms with van der Waals surface area (Å²) in [6.45, 7) is 6.61. The van der Waals surface area contributed by atoms with Crippen molar-refractivity contribution in [1.29, 1.82) is 0 Å². The summed E-state index contributed by atoms with van der Waals surface area (Å²) in [5.74, 6) is -1.01. The fraction of sp³-hybridized carbons (Fsp3) is 0.296. The maximum absolute atomic E-state index is 14.3. The molecule has 1 aromatic heterocycles. The van der Waals surface area contributed by atoms with Crippen LogP contribution in [0.2, 0.25) is 0 Å². The molecule has 4 aromatic rings. The maximum Gasteiger partial charge on any atom is 0.243 e. The van der Waals surface area contributed by atoms with Crippen LogP contribution < -0.4 is 0 Å². The molecule has 0 unspecified atom stereocenters.